The number of aromatic nitrogens is 2. The lowest BCUT2D eigenvalue weighted by molar-refractivity contribution is -0.122. The highest BCUT2D eigenvalue weighted by molar-refractivity contribution is 5.97. The fourth-order valence-corrected chi connectivity index (χ4v) is 3.03. The van der Waals surface area contributed by atoms with Gasteiger partial charge in [-0.25, -0.2) is 4.98 Å². The van der Waals surface area contributed by atoms with Crippen molar-refractivity contribution in [2.45, 2.75) is 26.1 Å². The molecule has 2 aromatic rings. The number of amides is 2. The molecule has 1 aliphatic rings. The van der Waals surface area contributed by atoms with Crippen LogP contribution >= 0.6 is 0 Å². The zero-order valence-electron chi connectivity index (χ0n) is 14.7. The smallest absolute Gasteiger partial charge is 0.272 e. The third-order valence-electron chi connectivity index (χ3n) is 4.43. The first-order valence-electron chi connectivity index (χ1n) is 8.37. The summed E-state index contributed by atoms with van der Waals surface area (Å²) in [5.74, 6) is 0.237. The van der Waals surface area contributed by atoms with Crippen LogP contribution in [0, 0.1) is 0 Å². The summed E-state index contributed by atoms with van der Waals surface area (Å²) in [6.07, 6.45) is 0. The number of imidazole rings is 1. The number of hydrogen-bond acceptors (Lipinski definition) is 4. The minimum absolute atomic E-state index is 0.234. The zero-order chi connectivity index (χ0) is 18.0. The molecular weight excluding hydrogens is 318 g/mol. The third-order valence-corrected chi connectivity index (χ3v) is 4.43. The molecule has 0 fully saturated rings. The number of benzene rings is 1. The first kappa shape index (κ1) is 17.2. The molecule has 7 nitrogen and oxygen atoms in total. The van der Waals surface area contributed by atoms with Crippen LogP contribution in [0.3, 0.4) is 0 Å². The average molecular weight is 341 g/mol. The van der Waals surface area contributed by atoms with Crippen LogP contribution in [0.2, 0.25) is 0 Å². The molecule has 0 saturated carbocycles. The minimum Gasteiger partial charge on any atom is -0.357 e. The molecule has 2 N–H and O–H groups in total. The van der Waals surface area contributed by atoms with Crippen LogP contribution in [0.5, 0.6) is 0 Å². The SMILES string of the molecule is CNC(=O)[C@H](C)NC(=O)c1nc(-c2ccccc2)n2c1CN(C)CC2. The lowest BCUT2D eigenvalue weighted by Crippen LogP contribution is -2.44. The maximum Gasteiger partial charge on any atom is 0.272 e. The normalized spacial score (nSPS) is 15.3. The number of rotatable bonds is 4. The van der Waals surface area contributed by atoms with Gasteiger partial charge in [0.15, 0.2) is 5.69 Å². The number of nitrogens with one attached hydrogen (secondary N) is 2. The molecule has 0 spiro atoms. The summed E-state index contributed by atoms with van der Waals surface area (Å²) in [7, 11) is 3.57. The fraction of sp³-hybridized carbons (Fsp3) is 0.389. The van der Waals surface area contributed by atoms with Crippen molar-refractivity contribution in [3.05, 3.63) is 41.7 Å². The van der Waals surface area contributed by atoms with E-state index in [-0.39, 0.29) is 11.8 Å². The van der Waals surface area contributed by atoms with Crippen molar-refractivity contribution in [2.24, 2.45) is 0 Å². The maximum atomic E-state index is 12.7. The topological polar surface area (TPSA) is 79.3 Å². The van der Waals surface area contributed by atoms with Crippen molar-refractivity contribution in [1.29, 1.82) is 0 Å². The van der Waals surface area contributed by atoms with E-state index in [1.54, 1.807) is 14.0 Å². The van der Waals surface area contributed by atoms with Crippen molar-refractivity contribution in [2.75, 3.05) is 20.6 Å². The van der Waals surface area contributed by atoms with Gasteiger partial charge in [-0.15, -0.1) is 0 Å². The van der Waals surface area contributed by atoms with Gasteiger partial charge in [0.1, 0.15) is 11.9 Å². The van der Waals surface area contributed by atoms with Gasteiger partial charge in [-0.2, -0.15) is 0 Å². The highest BCUT2D eigenvalue weighted by Gasteiger charge is 2.28. The molecule has 0 unspecified atom stereocenters. The van der Waals surface area contributed by atoms with Gasteiger partial charge in [0.25, 0.3) is 5.91 Å². The molecule has 1 aromatic carbocycles. The Morgan fingerprint density at radius 3 is 2.60 bits per heavy atom. The predicted octanol–water partition coefficient (Wildman–Crippen LogP) is 0.860. The summed E-state index contributed by atoms with van der Waals surface area (Å²) in [4.78, 5) is 31.2. The van der Waals surface area contributed by atoms with Crippen LogP contribution in [-0.2, 0) is 17.9 Å². The van der Waals surface area contributed by atoms with E-state index in [9.17, 15) is 9.59 Å². The molecule has 0 bridgehead atoms. The van der Waals surface area contributed by atoms with Gasteiger partial charge in [-0.1, -0.05) is 30.3 Å². The quantitative estimate of drug-likeness (QED) is 0.864. The Hall–Kier alpha value is -2.67. The van der Waals surface area contributed by atoms with E-state index in [2.05, 4.69) is 25.1 Å². The van der Waals surface area contributed by atoms with Crippen molar-refractivity contribution >= 4 is 11.8 Å². The number of carbonyl (C=O) groups excluding carboxylic acids is 2. The minimum atomic E-state index is -0.614. The molecule has 132 valence electrons. The summed E-state index contributed by atoms with van der Waals surface area (Å²) in [5, 5.41) is 5.27. The Kier molecular flexibility index (Phi) is 4.85. The van der Waals surface area contributed by atoms with Gasteiger partial charge in [-0.05, 0) is 14.0 Å². The van der Waals surface area contributed by atoms with Gasteiger partial charge in [0.05, 0.1) is 5.69 Å². The first-order valence-corrected chi connectivity index (χ1v) is 8.37. The largest absolute Gasteiger partial charge is 0.357 e. The Balaban J connectivity index is 1.98. The lowest BCUT2D eigenvalue weighted by Gasteiger charge is -2.25. The molecule has 2 heterocycles. The Morgan fingerprint density at radius 2 is 1.92 bits per heavy atom. The Bertz CT molecular complexity index is 784. The predicted molar refractivity (Wildman–Crippen MR) is 95.0 cm³/mol. The van der Waals surface area contributed by atoms with E-state index in [0.29, 0.717) is 12.2 Å². The van der Waals surface area contributed by atoms with Gasteiger partial charge >= 0.3 is 0 Å². The number of fused-ring (bicyclic) bond motifs is 1. The van der Waals surface area contributed by atoms with Crippen LogP contribution in [0.4, 0.5) is 0 Å². The average Bonchev–Trinajstić information content (AvgIpc) is 3.00. The Morgan fingerprint density at radius 1 is 1.20 bits per heavy atom. The third kappa shape index (κ3) is 3.41. The van der Waals surface area contributed by atoms with Crippen molar-refractivity contribution in [1.82, 2.24) is 25.1 Å². The van der Waals surface area contributed by atoms with Crippen LogP contribution in [0.25, 0.3) is 11.4 Å². The number of likely N-dealkylation sites (N-methyl/N-ethyl adjacent to an activating group) is 2. The van der Waals surface area contributed by atoms with E-state index in [0.717, 1.165) is 30.2 Å². The van der Waals surface area contributed by atoms with E-state index < -0.39 is 6.04 Å². The van der Waals surface area contributed by atoms with Crippen LogP contribution < -0.4 is 10.6 Å². The molecule has 1 atom stereocenters. The molecule has 3 rings (SSSR count). The van der Waals surface area contributed by atoms with E-state index in [1.807, 2.05) is 37.4 Å². The second kappa shape index (κ2) is 7.06. The zero-order valence-corrected chi connectivity index (χ0v) is 14.7. The highest BCUT2D eigenvalue weighted by Crippen LogP contribution is 2.26. The van der Waals surface area contributed by atoms with Gasteiger partial charge < -0.3 is 15.2 Å². The van der Waals surface area contributed by atoms with E-state index in [1.165, 1.54) is 0 Å². The van der Waals surface area contributed by atoms with Gasteiger partial charge in [-0.3, -0.25) is 14.5 Å². The number of hydrogen-bond donors (Lipinski definition) is 2. The van der Waals surface area contributed by atoms with Crippen molar-refractivity contribution < 1.29 is 9.59 Å². The lowest BCUT2D eigenvalue weighted by atomic mass is 10.2. The van der Waals surface area contributed by atoms with Crippen molar-refractivity contribution in [3.8, 4) is 11.4 Å². The summed E-state index contributed by atoms with van der Waals surface area (Å²) in [6.45, 7) is 3.99. The number of nitrogens with zero attached hydrogens (tertiary/aromatic N) is 3. The van der Waals surface area contributed by atoms with Crippen molar-refractivity contribution in [3.63, 3.8) is 0 Å². The summed E-state index contributed by atoms with van der Waals surface area (Å²) >= 11 is 0. The second-order valence-corrected chi connectivity index (χ2v) is 6.30. The molecule has 7 heteroatoms. The molecule has 0 saturated heterocycles. The van der Waals surface area contributed by atoms with Crippen LogP contribution in [0.15, 0.2) is 30.3 Å². The monoisotopic (exact) mass is 341 g/mol. The van der Waals surface area contributed by atoms with Crippen LogP contribution in [0.1, 0.15) is 23.1 Å². The standard InChI is InChI=1S/C18H23N5O2/c1-12(17(24)19-2)20-18(25)15-14-11-22(3)9-10-23(14)16(21-15)13-7-5-4-6-8-13/h4-8,12H,9-11H2,1-3H3,(H,19,24)(H,20,25)/t12-/m0/s1. The van der Waals surface area contributed by atoms with E-state index in [4.69, 9.17) is 0 Å². The highest BCUT2D eigenvalue weighted by atomic mass is 16.2. The first-order chi connectivity index (χ1) is 12.0. The molecule has 25 heavy (non-hydrogen) atoms. The Labute approximate surface area is 147 Å². The molecule has 1 aromatic heterocycles. The summed E-state index contributed by atoms with van der Waals surface area (Å²) in [6, 6.07) is 9.23. The fourth-order valence-electron chi connectivity index (χ4n) is 3.03. The van der Waals surface area contributed by atoms with Gasteiger partial charge in [0, 0.05) is 32.2 Å². The number of carbonyl (C=O) groups is 2. The maximum absolute atomic E-state index is 12.7. The molecular formula is C18H23N5O2. The second-order valence-electron chi connectivity index (χ2n) is 6.30. The summed E-state index contributed by atoms with van der Waals surface area (Å²) < 4.78 is 2.11. The molecule has 2 amide bonds. The van der Waals surface area contributed by atoms with E-state index >= 15 is 0 Å². The van der Waals surface area contributed by atoms with Crippen LogP contribution in [-0.4, -0.2) is 52.9 Å². The molecule has 1 aliphatic heterocycles. The summed E-state index contributed by atoms with van der Waals surface area (Å²) in [5.41, 5.74) is 2.25. The molecule has 0 radical (unpaired) electrons. The molecule has 0 aliphatic carbocycles. The van der Waals surface area contributed by atoms with Gasteiger partial charge in [0.2, 0.25) is 5.91 Å².